The fourth-order valence-electron chi connectivity index (χ4n) is 2.98. The van der Waals surface area contributed by atoms with Gasteiger partial charge in [0, 0.05) is 5.69 Å². The minimum Gasteiger partial charge on any atom is -0.335 e. The molecule has 0 aromatic carbocycles. The van der Waals surface area contributed by atoms with Crippen molar-refractivity contribution >= 4 is 23.5 Å². The van der Waals surface area contributed by atoms with Crippen molar-refractivity contribution < 1.29 is 9.05 Å². The Hall–Kier alpha value is -1.99. The summed E-state index contributed by atoms with van der Waals surface area (Å²) < 4.78 is 10.9. The number of nitrogens with two attached hydrogens (primary N) is 1. The van der Waals surface area contributed by atoms with Gasteiger partial charge in [-0.2, -0.15) is 4.98 Å². The van der Waals surface area contributed by atoms with E-state index in [0.717, 1.165) is 41.6 Å². The number of nitrogens with zero attached hydrogens (tertiary/aromatic N) is 4. The maximum Gasteiger partial charge on any atom is 0.259 e. The highest BCUT2D eigenvalue weighted by molar-refractivity contribution is 5.91. The van der Waals surface area contributed by atoms with Gasteiger partial charge in [-0.15, -0.1) is 12.4 Å². The van der Waals surface area contributed by atoms with Gasteiger partial charge in [-0.3, -0.25) is 0 Å². The lowest BCUT2D eigenvalue weighted by Gasteiger charge is -2.34. The van der Waals surface area contributed by atoms with Crippen LogP contribution in [0.15, 0.2) is 15.1 Å². The van der Waals surface area contributed by atoms with Gasteiger partial charge in [0.05, 0.1) is 22.2 Å². The van der Waals surface area contributed by atoms with Gasteiger partial charge in [0.25, 0.3) is 11.6 Å². The molecule has 0 amide bonds. The van der Waals surface area contributed by atoms with Crippen molar-refractivity contribution in [3.63, 3.8) is 0 Å². The number of aryl methyl sites for hydroxylation is 1. The molecule has 0 radical (unpaired) electrons. The van der Waals surface area contributed by atoms with E-state index in [2.05, 4.69) is 34.1 Å². The third kappa shape index (κ3) is 2.48. The van der Waals surface area contributed by atoms with Crippen LogP contribution < -0.4 is 5.73 Å². The van der Waals surface area contributed by atoms with Gasteiger partial charge >= 0.3 is 0 Å². The first-order valence-corrected chi connectivity index (χ1v) is 7.88. The minimum absolute atomic E-state index is 0. The third-order valence-corrected chi connectivity index (χ3v) is 4.50. The predicted octanol–water partition coefficient (Wildman–Crippen LogP) is 3.46. The molecule has 0 saturated heterocycles. The number of fused-ring (bicyclic) bond motifs is 1. The summed E-state index contributed by atoms with van der Waals surface area (Å²) in [4.78, 5) is 8.95. The van der Waals surface area contributed by atoms with E-state index in [1.807, 2.05) is 13.0 Å². The van der Waals surface area contributed by atoms with Gasteiger partial charge in [-0.05, 0) is 38.2 Å². The molecule has 24 heavy (non-hydrogen) atoms. The number of hydrogen-bond acceptors (Lipinski definition) is 7. The second-order valence-corrected chi connectivity index (χ2v) is 6.65. The summed E-state index contributed by atoms with van der Waals surface area (Å²) in [6.45, 7) is 6.01. The summed E-state index contributed by atoms with van der Waals surface area (Å²) in [6, 6.07) is 1.92. The molecule has 2 N–H and O–H groups in total. The van der Waals surface area contributed by atoms with Crippen molar-refractivity contribution in [2.45, 2.75) is 51.5 Å². The van der Waals surface area contributed by atoms with E-state index in [9.17, 15) is 0 Å². The summed E-state index contributed by atoms with van der Waals surface area (Å²) in [5, 5.41) is 9.09. The topological polar surface area (TPSA) is 104 Å². The Balaban J connectivity index is 0.00000169. The molecule has 3 aromatic rings. The summed E-state index contributed by atoms with van der Waals surface area (Å²) in [6.07, 6.45) is 2.88. The standard InChI is InChI=1S/C16H19N5O2.ClH/c1-8(2)12-11-10(7-9(3)18-14(11)23-20-12)13-19-15(21-22-13)16(17)5-4-6-16;/h7-8H,4-6,17H2,1-3H3;1H. The lowest BCUT2D eigenvalue weighted by atomic mass is 9.77. The molecule has 3 heterocycles. The maximum absolute atomic E-state index is 6.29. The zero-order chi connectivity index (χ0) is 16.2. The largest absolute Gasteiger partial charge is 0.335 e. The SMILES string of the molecule is Cc1cc(-c2nc(C3(N)CCC3)no2)c2c(C(C)C)noc2n1.Cl. The highest BCUT2D eigenvalue weighted by Crippen LogP contribution is 2.39. The van der Waals surface area contributed by atoms with E-state index < -0.39 is 5.54 Å². The van der Waals surface area contributed by atoms with Crippen LogP contribution in [0.2, 0.25) is 0 Å². The maximum atomic E-state index is 6.29. The highest BCUT2D eigenvalue weighted by atomic mass is 35.5. The summed E-state index contributed by atoms with van der Waals surface area (Å²) in [7, 11) is 0. The van der Waals surface area contributed by atoms with Crippen molar-refractivity contribution in [3.8, 4) is 11.5 Å². The Morgan fingerprint density at radius 2 is 1.92 bits per heavy atom. The first-order chi connectivity index (χ1) is 11.0. The normalized spacial score (nSPS) is 16.2. The van der Waals surface area contributed by atoms with Crippen LogP contribution in [0.25, 0.3) is 22.6 Å². The number of hydrogen-bond donors (Lipinski definition) is 1. The smallest absolute Gasteiger partial charge is 0.259 e. The predicted molar refractivity (Wildman–Crippen MR) is 90.9 cm³/mol. The Morgan fingerprint density at radius 1 is 1.17 bits per heavy atom. The molecule has 0 bridgehead atoms. The molecule has 0 unspecified atom stereocenters. The van der Waals surface area contributed by atoms with Gasteiger partial charge in [0.15, 0.2) is 5.82 Å². The molecule has 8 heteroatoms. The van der Waals surface area contributed by atoms with Crippen molar-refractivity contribution in [2.24, 2.45) is 5.73 Å². The zero-order valence-electron chi connectivity index (χ0n) is 13.9. The number of rotatable bonds is 3. The molecule has 1 aliphatic rings. The molecule has 1 fully saturated rings. The summed E-state index contributed by atoms with van der Waals surface area (Å²) in [5.41, 5.74) is 8.79. The quantitative estimate of drug-likeness (QED) is 0.771. The third-order valence-electron chi connectivity index (χ3n) is 4.50. The van der Waals surface area contributed by atoms with Crippen LogP contribution in [0, 0.1) is 6.92 Å². The monoisotopic (exact) mass is 349 g/mol. The average Bonchev–Trinajstić information content (AvgIpc) is 3.10. The fourth-order valence-corrected chi connectivity index (χ4v) is 2.98. The van der Waals surface area contributed by atoms with Crippen molar-refractivity contribution in [1.82, 2.24) is 20.3 Å². The average molecular weight is 350 g/mol. The van der Waals surface area contributed by atoms with Crippen LogP contribution >= 0.6 is 12.4 Å². The molecule has 0 aliphatic heterocycles. The Morgan fingerprint density at radius 3 is 2.54 bits per heavy atom. The number of pyridine rings is 1. The van der Waals surface area contributed by atoms with E-state index >= 15 is 0 Å². The van der Waals surface area contributed by atoms with Gasteiger partial charge < -0.3 is 14.8 Å². The number of halogens is 1. The van der Waals surface area contributed by atoms with Gasteiger partial charge in [-0.25, -0.2) is 4.98 Å². The number of aromatic nitrogens is 4. The second-order valence-electron chi connectivity index (χ2n) is 6.65. The summed E-state index contributed by atoms with van der Waals surface area (Å²) in [5.74, 6) is 1.22. The molecule has 128 valence electrons. The van der Waals surface area contributed by atoms with E-state index in [0.29, 0.717) is 17.4 Å². The van der Waals surface area contributed by atoms with Gasteiger partial charge in [0.1, 0.15) is 0 Å². The Kier molecular flexibility index (Phi) is 4.09. The molecule has 7 nitrogen and oxygen atoms in total. The van der Waals surface area contributed by atoms with Crippen LogP contribution in [-0.2, 0) is 5.54 Å². The van der Waals surface area contributed by atoms with Gasteiger partial charge in [-0.1, -0.05) is 24.2 Å². The van der Waals surface area contributed by atoms with E-state index in [4.69, 9.17) is 14.8 Å². The lowest BCUT2D eigenvalue weighted by Crippen LogP contribution is -2.44. The molecular formula is C16H20ClN5O2. The zero-order valence-corrected chi connectivity index (χ0v) is 14.7. The van der Waals surface area contributed by atoms with E-state index in [-0.39, 0.29) is 18.3 Å². The highest BCUT2D eigenvalue weighted by Gasteiger charge is 2.39. The van der Waals surface area contributed by atoms with Crippen LogP contribution in [0.1, 0.15) is 56.2 Å². The molecule has 0 spiro atoms. The molecule has 1 aliphatic carbocycles. The first-order valence-electron chi connectivity index (χ1n) is 7.88. The van der Waals surface area contributed by atoms with E-state index in [1.54, 1.807) is 0 Å². The fraction of sp³-hybridized carbons (Fsp3) is 0.500. The molecule has 3 aromatic heterocycles. The Bertz CT molecular complexity index is 882. The molecular weight excluding hydrogens is 330 g/mol. The van der Waals surface area contributed by atoms with Crippen LogP contribution in [0.3, 0.4) is 0 Å². The Labute approximate surface area is 145 Å². The van der Waals surface area contributed by atoms with Crippen molar-refractivity contribution in [1.29, 1.82) is 0 Å². The lowest BCUT2D eigenvalue weighted by molar-refractivity contribution is 0.229. The van der Waals surface area contributed by atoms with Crippen LogP contribution in [0.4, 0.5) is 0 Å². The van der Waals surface area contributed by atoms with Gasteiger partial charge in [0.2, 0.25) is 0 Å². The van der Waals surface area contributed by atoms with Crippen molar-refractivity contribution in [3.05, 3.63) is 23.3 Å². The molecule has 1 saturated carbocycles. The van der Waals surface area contributed by atoms with Crippen molar-refractivity contribution in [2.75, 3.05) is 0 Å². The minimum atomic E-state index is -0.446. The van der Waals surface area contributed by atoms with Crippen LogP contribution in [-0.4, -0.2) is 20.3 Å². The molecule has 4 rings (SSSR count). The summed E-state index contributed by atoms with van der Waals surface area (Å²) >= 11 is 0. The molecule has 0 atom stereocenters. The van der Waals surface area contributed by atoms with Crippen LogP contribution in [0.5, 0.6) is 0 Å². The first kappa shape index (κ1) is 16.9. The van der Waals surface area contributed by atoms with E-state index in [1.165, 1.54) is 0 Å². The second kappa shape index (κ2) is 5.82.